The van der Waals surface area contributed by atoms with Gasteiger partial charge in [-0.3, -0.25) is 9.78 Å². The normalized spacial score (nSPS) is 16.9. The number of halogens is 2. The molecule has 1 aliphatic rings. The minimum absolute atomic E-state index is 0. The molecule has 3 rings (SSSR count). The van der Waals surface area contributed by atoms with Crippen molar-refractivity contribution in [1.82, 2.24) is 20.6 Å². The second-order valence-corrected chi connectivity index (χ2v) is 4.81. The summed E-state index contributed by atoms with van der Waals surface area (Å²) in [4.78, 5) is 20.6. The lowest BCUT2D eigenvalue weighted by atomic mass is 10.1. The van der Waals surface area contributed by atoms with Crippen molar-refractivity contribution in [1.29, 1.82) is 0 Å². The van der Waals surface area contributed by atoms with E-state index in [1.165, 1.54) is 6.20 Å². The van der Waals surface area contributed by atoms with Gasteiger partial charge in [-0.05, 0) is 37.6 Å². The van der Waals surface area contributed by atoms with Crippen molar-refractivity contribution in [3.63, 3.8) is 0 Å². The van der Waals surface area contributed by atoms with Crippen molar-refractivity contribution in [2.45, 2.75) is 6.42 Å². The Morgan fingerprint density at radius 1 is 1.29 bits per heavy atom. The van der Waals surface area contributed by atoms with Gasteiger partial charge in [-0.25, -0.2) is 4.98 Å². The summed E-state index contributed by atoms with van der Waals surface area (Å²) >= 11 is 0. The molecule has 7 heteroatoms. The second kappa shape index (κ2) is 8.12. The third kappa shape index (κ3) is 4.27. The lowest BCUT2D eigenvalue weighted by molar-refractivity contribution is 0.0943. The van der Waals surface area contributed by atoms with Gasteiger partial charge in [0, 0.05) is 6.54 Å². The lowest BCUT2D eigenvalue weighted by Gasteiger charge is -2.09. The molecule has 1 fully saturated rings. The fourth-order valence-corrected chi connectivity index (χ4v) is 2.28. The smallest absolute Gasteiger partial charge is 0.271 e. The summed E-state index contributed by atoms with van der Waals surface area (Å²) in [5.74, 6) is 0.377. The Balaban J connectivity index is 0.00000110. The van der Waals surface area contributed by atoms with Crippen LogP contribution in [0.3, 0.4) is 0 Å². The Kier molecular flexibility index (Phi) is 6.81. The summed E-state index contributed by atoms with van der Waals surface area (Å²) in [6.45, 7) is 2.71. The van der Waals surface area contributed by atoms with Crippen LogP contribution in [0.15, 0.2) is 30.5 Å². The van der Waals surface area contributed by atoms with Crippen LogP contribution < -0.4 is 10.6 Å². The SMILES string of the molecule is Cl.Cl.O=C(NCC1CCNC1)c1cnc2ccccc2n1. The van der Waals surface area contributed by atoms with E-state index < -0.39 is 0 Å². The number of carbonyl (C=O) groups excluding carboxylic acids is 1. The molecule has 1 aliphatic heterocycles. The van der Waals surface area contributed by atoms with E-state index in [2.05, 4.69) is 20.6 Å². The Hall–Kier alpha value is -1.43. The first-order chi connectivity index (χ1) is 9.33. The first-order valence-corrected chi connectivity index (χ1v) is 6.53. The predicted molar refractivity (Wildman–Crippen MR) is 87.3 cm³/mol. The summed E-state index contributed by atoms with van der Waals surface area (Å²) in [5, 5.41) is 6.20. The fraction of sp³-hybridized carbons (Fsp3) is 0.357. The third-order valence-corrected chi connectivity index (χ3v) is 3.39. The van der Waals surface area contributed by atoms with Gasteiger partial charge in [-0.2, -0.15) is 0 Å². The first kappa shape index (κ1) is 17.6. The first-order valence-electron chi connectivity index (χ1n) is 6.53. The van der Waals surface area contributed by atoms with Crippen LogP contribution in [-0.2, 0) is 0 Å². The van der Waals surface area contributed by atoms with Gasteiger partial charge in [-0.1, -0.05) is 12.1 Å². The number of para-hydroxylation sites is 2. The topological polar surface area (TPSA) is 66.9 Å². The number of nitrogens with one attached hydrogen (secondary N) is 2. The molecule has 2 N–H and O–H groups in total. The number of rotatable bonds is 3. The van der Waals surface area contributed by atoms with Crippen LogP contribution in [0, 0.1) is 5.92 Å². The van der Waals surface area contributed by atoms with E-state index in [9.17, 15) is 4.79 Å². The van der Waals surface area contributed by atoms with Gasteiger partial charge in [0.05, 0.1) is 17.2 Å². The number of nitrogens with zero attached hydrogens (tertiary/aromatic N) is 2. The van der Waals surface area contributed by atoms with E-state index in [1.807, 2.05) is 24.3 Å². The molecule has 0 saturated carbocycles. The van der Waals surface area contributed by atoms with Crippen LogP contribution in [0.5, 0.6) is 0 Å². The predicted octanol–water partition coefficient (Wildman–Crippen LogP) is 1.81. The van der Waals surface area contributed by atoms with Crippen molar-refractivity contribution >= 4 is 41.8 Å². The Bertz CT molecular complexity index is 602. The summed E-state index contributed by atoms with van der Waals surface area (Å²) in [6, 6.07) is 7.54. The summed E-state index contributed by atoms with van der Waals surface area (Å²) in [7, 11) is 0. The number of fused-ring (bicyclic) bond motifs is 1. The molecular formula is C14H18Cl2N4O. The molecule has 0 bridgehead atoms. The molecule has 0 radical (unpaired) electrons. The molecule has 0 aliphatic carbocycles. The van der Waals surface area contributed by atoms with Crippen LogP contribution in [0.1, 0.15) is 16.9 Å². The van der Waals surface area contributed by atoms with Crippen LogP contribution in [0.25, 0.3) is 11.0 Å². The quantitative estimate of drug-likeness (QED) is 0.901. The van der Waals surface area contributed by atoms with Crippen molar-refractivity contribution in [2.75, 3.05) is 19.6 Å². The van der Waals surface area contributed by atoms with Crippen LogP contribution >= 0.6 is 24.8 Å². The highest BCUT2D eigenvalue weighted by molar-refractivity contribution is 5.93. The highest BCUT2D eigenvalue weighted by Gasteiger charge is 2.16. The standard InChI is InChI=1S/C14H16N4O.2ClH/c19-14(17-8-10-5-6-15-7-10)13-9-16-11-3-1-2-4-12(11)18-13;;/h1-4,9-10,15H,5-8H2,(H,17,19);2*1H. The van der Waals surface area contributed by atoms with Crippen LogP contribution in [-0.4, -0.2) is 35.5 Å². The maximum atomic E-state index is 12.0. The Morgan fingerprint density at radius 3 is 2.76 bits per heavy atom. The minimum Gasteiger partial charge on any atom is -0.350 e. The largest absolute Gasteiger partial charge is 0.350 e. The molecule has 1 aromatic heterocycles. The molecule has 1 aromatic carbocycles. The minimum atomic E-state index is -0.148. The van der Waals surface area contributed by atoms with E-state index in [4.69, 9.17) is 0 Å². The van der Waals surface area contributed by atoms with Crippen molar-refractivity contribution in [3.05, 3.63) is 36.2 Å². The zero-order valence-electron chi connectivity index (χ0n) is 11.4. The fourth-order valence-electron chi connectivity index (χ4n) is 2.28. The van der Waals surface area contributed by atoms with Gasteiger partial charge in [0.1, 0.15) is 5.69 Å². The molecular weight excluding hydrogens is 311 g/mol. The number of amides is 1. The summed E-state index contributed by atoms with van der Waals surface area (Å²) in [6.07, 6.45) is 2.65. The van der Waals surface area contributed by atoms with Gasteiger partial charge in [0.2, 0.25) is 0 Å². The number of hydrogen-bond acceptors (Lipinski definition) is 4. The highest BCUT2D eigenvalue weighted by Crippen LogP contribution is 2.09. The van der Waals surface area contributed by atoms with Gasteiger partial charge in [-0.15, -0.1) is 24.8 Å². The maximum Gasteiger partial charge on any atom is 0.271 e. The molecule has 1 atom stereocenters. The molecule has 2 aromatic rings. The molecule has 21 heavy (non-hydrogen) atoms. The van der Waals surface area contributed by atoms with E-state index in [-0.39, 0.29) is 30.7 Å². The van der Waals surface area contributed by atoms with E-state index in [1.54, 1.807) is 0 Å². The number of carbonyl (C=O) groups is 1. The molecule has 2 heterocycles. The van der Waals surface area contributed by atoms with E-state index in [0.717, 1.165) is 30.5 Å². The molecule has 0 spiro atoms. The van der Waals surface area contributed by atoms with E-state index in [0.29, 0.717) is 18.2 Å². The molecule has 114 valence electrons. The lowest BCUT2D eigenvalue weighted by Crippen LogP contribution is -2.30. The third-order valence-electron chi connectivity index (χ3n) is 3.39. The molecule has 1 amide bonds. The van der Waals surface area contributed by atoms with Crippen LogP contribution in [0.4, 0.5) is 0 Å². The van der Waals surface area contributed by atoms with Crippen molar-refractivity contribution < 1.29 is 4.79 Å². The second-order valence-electron chi connectivity index (χ2n) is 4.81. The van der Waals surface area contributed by atoms with Gasteiger partial charge >= 0.3 is 0 Å². The number of aromatic nitrogens is 2. The highest BCUT2D eigenvalue weighted by atomic mass is 35.5. The number of benzene rings is 1. The van der Waals surface area contributed by atoms with Crippen LogP contribution in [0.2, 0.25) is 0 Å². The summed E-state index contributed by atoms with van der Waals surface area (Å²) < 4.78 is 0. The van der Waals surface area contributed by atoms with Crippen molar-refractivity contribution in [2.24, 2.45) is 5.92 Å². The number of hydrogen-bond donors (Lipinski definition) is 2. The molecule has 5 nitrogen and oxygen atoms in total. The molecule has 1 unspecified atom stereocenters. The average Bonchev–Trinajstić information content (AvgIpc) is 2.97. The van der Waals surface area contributed by atoms with Gasteiger partial charge in [0.25, 0.3) is 5.91 Å². The van der Waals surface area contributed by atoms with E-state index >= 15 is 0 Å². The Morgan fingerprint density at radius 2 is 2.05 bits per heavy atom. The zero-order valence-corrected chi connectivity index (χ0v) is 13.0. The monoisotopic (exact) mass is 328 g/mol. The van der Waals surface area contributed by atoms with Gasteiger partial charge in [0.15, 0.2) is 0 Å². The molecule has 1 saturated heterocycles. The van der Waals surface area contributed by atoms with Gasteiger partial charge < -0.3 is 10.6 Å². The average molecular weight is 329 g/mol. The van der Waals surface area contributed by atoms with Crippen molar-refractivity contribution in [3.8, 4) is 0 Å². The zero-order chi connectivity index (χ0) is 13.1. The maximum absolute atomic E-state index is 12.0. The summed E-state index contributed by atoms with van der Waals surface area (Å²) in [5.41, 5.74) is 1.93. The Labute approximate surface area is 135 Å².